The lowest BCUT2D eigenvalue weighted by atomic mass is 10.2. The van der Waals surface area contributed by atoms with E-state index in [0.717, 1.165) is 5.56 Å². The lowest BCUT2D eigenvalue weighted by Gasteiger charge is -2.09. The number of nitriles is 1. The highest BCUT2D eigenvalue weighted by molar-refractivity contribution is 9.10. The molecular weight excluding hydrogens is 311 g/mol. The van der Waals surface area contributed by atoms with Crippen LogP contribution in [0, 0.1) is 31.0 Å². The first-order valence-electron chi connectivity index (χ1n) is 5.48. The van der Waals surface area contributed by atoms with Gasteiger partial charge >= 0.3 is 0 Å². The molecule has 0 radical (unpaired) electrons. The van der Waals surface area contributed by atoms with E-state index in [1.807, 2.05) is 13.0 Å². The third kappa shape index (κ3) is 3.06. The van der Waals surface area contributed by atoms with Crippen LogP contribution >= 0.6 is 15.9 Å². The number of anilines is 2. The van der Waals surface area contributed by atoms with E-state index in [4.69, 9.17) is 5.26 Å². The molecule has 0 amide bonds. The second-order valence-corrected chi connectivity index (χ2v) is 4.89. The summed E-state index contributed by atoms with van der Waals surface area (Å²) >= 11 is 3.12. The summed E-state index contributed by atoms with van der Waals surface area (Å²) in [5.74, 6) is -0.0948. The summed E-state index contributed by atoms with van der Waals surface area (Å²) in [4.78, 5) is 8.19. The summed E-state index contributed by atoms with van der Waals surface area (Å²) in [5, 5.41) is 11.8. The van der Waals surface area contributed by atoms with Gasteiger partial charge < -0.3 is 5.32 Å². The van der Waals surface area contributed by atoms with E-state index in [-0.39, 0.29) is 17.5 Å². The van der Waals surface area contributed by atoms with Gasteiger partial charge in [0.1, 0.15) is 17.6 Å². The third-order valence-electron chi connectivity index (χ3n) is 2.48. The number of hydrogen-bond acceptors (Lipinski definition) is 4. The molecule has 19 heavy (non-hydrogen) atoms. The van der Waals surface area contributed by atoms with Gasteiger partial charge in [0.25, 0.3) is 0 Å². The predicted octanol–water partition coefficient (Wildman–Crippen LogP) is 3.61. The largest absolute Gasteiger partial charge is 0.324 e. The number of rotatable bonds is 2. The van der Waals surface area contributed by atoms with Crippen LogP contribution in [0.4, 0.5) is 16.0 Å². The number of halogens is 2. The zero-order chi connectivity index (χ0) is 14.0. The molecule has 2 aromatic rings. The average molecular weight is 321 g/mol. The Kier molecular flexibility index (Phi) is 3.76. The molecule has 96 valence electrons. The number of nitrogens with one attached hydrogen (secondary N) is 1. The summed E-state index contributed by atoms with van der Waals surface area (Å²) in [7, 11) is 0. The van der Waals surface area contributed by atoms with Crippen molar-refractivity contribution in [1.29, 1.82) is 5.26 Å². The van der Waals surface area contributed by atoms with Crippen LogP contribution in [0.3, 0.4) is 0 Å². The van der Waals surface area contributed by atoms with Gasteiger partial charge in [-0.2, -0.15) is 5.26 Å². The van der Waals surface area contributed by atoms with Crippen molar-refractivity contribution in [3.05, 3.63) is 45.4 Å². The summed E-state index contributed by atoms with van der Waals surface area (Å²) in [6, 6.07) is 6.56. The van der Waals surface area contributed by atoms with Crippen molar-refractivity contribution in [3.63, 3.8) is 0 Å². The second kappa shape index (κ2) is 5.33. The van der Waals surface area contributed by atoms with Gasteiger partial charge in [-0.15, -0.1) is 0 Å². The highest BCUT2D eigenvalue weighted by atomic mass is 79.9. The third-order valence-corrected chi connectivity index (χ3v) is 3.09. The Morgan fingerprint density at radius 2 is 2.00 bits per heavy atom. The first-order chi connectivity index (χ1) is 8.99. The molecule has 0 saturated carbocycles. The van der Waals surface area contributed by atoms with E-state index < -0.39 is 0 Å². The van der Waals surface area contributed by atoms with Gasteiger partial charge in [-0.1, -0.05) is 0 Å². The molecule has 0 aliphatic carbocycles. The monoisotopic (exact) mass is 320 g/mol. The Bertz CT molecular complexity index is 679. The topological polar surface area (TPSA) is 61.6 Å². The zero-order valence-corrected chi connectivity index (χ0v) is 11.9. The Balaban J connectivity index is 2.39. The van der Waals surface area contributed by atoms with Gasteiger partial charge in [0.15, 0.2) is 0 Å². The van der Waals surface area contributed by atoms with Crippen LogP contribution in [0.2, 0.25) is 0 Å². The van der Waals surface area contributed by atoms with Gasteiger partial charge in [0, 0.05) is 11.4 Å². The summed E-state index contributed by atoms with van der Waals surface area (Å²) in [5.41, 5.74) is 2.35. The molecule has 1 aromatic heterocycles. The van der Waals surface area contributed by atoms with Crippen molar-refractivity contribution in [3.8, 4) is 6.07 Å². The fourth-order valence-electron chi connectivity index (χ4n) is 1.58. The van der Waals surface area contributed by atoms with Crippen LogP contribution in [-0.2, 0) is 0 Å². The fraction of sp³-hybridized carbons (Fsp3) is 0.154. The molecule has 0 saturated heterocycles. The lowest BCUT2D eigenvalue weighted by Crippen LogP contribution is -2.02. The molecule has 6 heteroatoms. The van der Waals surface area contributed by atoms with Crippen molar-refractivity contribution in [2.75, 3.05) is 5.32 Å². The minimum atomic E-state index is -0.374. The van der Waals surface area contributed by atoms with E-state index in [1.54, 1.807) is 19.1 Å². The fourth-order valence-corrected chi connectivity index (χ4v) is 2.04. The van der Waals surface area contributed by atoms with Crippen LogP contribution in [0.5, 0.6) is 0 Å². The minimum absolute atomic E-state index is 0.269. The number of aryl methyl sites for hydroxylation is 2. The van der Waals surface area contributed by atoms with E-state index >= 15 is 0 Å². The first-order valence-corrected chi connectivity index (χ1v) is 6.27. The number of nitrogens with zero attached hydrogens (tertiary/aromatic N) is 3. The van der Waals surface area contributed by atoms with Crippen molar-refractivity contribution in [2.24, 2.45) is 0 Å². The van der Waals surface area contributed by atoms with Gasteiger partial charge in [-0.05, 0) is 53.5 Å². The number of aromatic nitrogens is 2. The summed E-state index contributed by atoms with van der Waals surface area (Å²) in [6.07, 6.45) is 0. The number of hydrogen-bond donors (Lipinski definition) is 1. The Morgan fingerprint density at radius 3 is 2.68 bits per heavy atom. The van der Waals surface area contributed by atoms with E-state index in [0.29, 0.717) is 15.9 Å². The zero-order valence-electron chi connectivity index (χ0n) is 10.3. The molecular formula is C13H10BrFN4. The minimum Gasteiger partial charge on any atom is -0.324 e. The van der Waals surface area contributed by atoms with Gasteiger partial charge in [-0.25, -0.2) is 14.4 Å². The summed E-state index contributed by atoms with van der Waals surface area (Å²) < 4.78 is 13.9. The molecule has 0 fully saturated rings. The molecule has 0 bridgehead atoms. The first kappa shape index (κ1) is 13.4. The van der Waals surface area contributed by atoms with Crippen LogP contribution < -0.4 is 5.32 Å². The normalized spacial score (nSPS) is 10.1. The highest BCUT2D eigenvalue weighted by Gasteiger charge is 2.08. The van der Waals surface area contributed by atoms with E-state index in [2.05, 4.69) is 31.2 Å². The maximum Gasteiger partial charge on any atom is 0.228 e. The van der Waals surface area contributed by atoms with Crippen molar-refractivity contribution in [2.45, 2.75) is 13.8 Å². The number of benzene rings is 1. The Labute approximate surface area is 118 Å². The van der Waals surface area contributed by atoms with E-state index in [1.165, 1.54) is 6.07 Å². The predicted molar refractivity (Wildman–Crippen MR) is 73.6 cm³/mol. The molecule has 0 unspecified atom stereocenters. The van der Waals surface area contributed by atoms with Gasteiger partial charge in [-0.3, -0.25) is 0 Å². The smallest absolute Gasteiger partial charge is 0.228 e. The van der Waals surface area contributed by atoms with Crippen molar-refractivity contribution in [1.82, 2.24) is 9.97 Å². The molecule has 4 nitrogen and oxygen atoms in total. The van der Waals surface area contributed by atoms with Crippen LogP contribution in [0.15, 0.2) is 22.7 Å². The molecule has 0 aliphatic rings. The highest BCUT2D eigenvalue weighted by Crippen LogP contribution is 2.25. The standard InChI is InChI=1S/C13H10BrFN4/c1-7-3-10(14)11(15)5-12(7)19-13-17-8(2)4-9(6-16)18-13/h3-5H,1-2H3,(H,17,18,19). The molecule has 2 rings (SSSR count). The van der Waals surface area contributed by atoms with Gasteiger partial charge in [0.05, 0.1) is 4.47 Å². The van der Waals surface area contributed by atoms with E-state index in [9.17, 15) is 4.39 Å². The maximum atomic E-state index is 13.5. The second-order valence-electron chi connectivity index (χ2n) is 4.04. The van der Waals surface area contributed by atoms with Crippen molar-refractivity contribution >= 4 is 27.6 Å². The Hall–Kier alpha value is -2.00. The van der Waals surface area contributed by atoms with Crippen LogP contribution in [0.25, 0.3) is 0 Å². The maximum absolute atomic E-state index is 13.5. The summed E-state index contributed by atoms with van der Waals surface area (Å²) in [6.45, 7) is 3.61. The molecule has 0 aliphatic heterocycles. The molecule has 0 spiro atoms. The van der Waals surface area contributed by atoms with Gasteiger partial charge in [0.2, 0.25) is 5.95 Å². The van der Waals surface area contributed by atoms with Crippen LogP contribution in [0.1, 0.15) is 17.0 Å². The molecule has 1 heterocycles. The molecule has 1 N–H and O–H groups in total. The SMILES string of the molecule is Cc1cc(C#N)nc(Nc2cc(F)c(Br)cc2C)n1. The average Bonchev–Trinajstić information content (AvgIpc) is 2.35. The molecule has 1 aromatic carbocycles. The van der Waals surface area contributed by atoms with Crippen molar-refractivity contribution < 1.29 is 4.39 Å². The Morgan fingerprint density at radius 1 is 1.26 bits per heavy atom. The quantitative estimate of drug-likeness (QED) is 0.918. The van der Waals surface area contributed by atoms with Crippen LogP contribution in [-0.4, -0.2) is 9.97 Å². The molecule has 0 atom stereocenters. The lowest BCUT2D eigenvalue weighted by molar-refractivity contribution is 0.621.